The number of aromatic nitrogens is 1. The average Bonchev–Trinajstić information content (AvgIpc) is 3.02. The van der Waals surface area contributed by atoms with Crippen LogP contribution in [0.5, 0.6) is 0 Å². The molecule has 1 aromatic heterocycles. The van der Waals surface area contributed by atoms with E-state index >= 15 is 0 Å². The van der Waals surface area contributed by atoms with E-state index in [-0.39, 0.29) is 5.97 Å². The number of azo groups is 1. The van der Waals surface area contributed by atoms with Crippen LogP contribution in [0.2, 0.25) is 0 Å². The average molecular weight is 354 g/mol. The second-order valence-corrected chi connectivity index (χ2v) is 6.52. The lowest BCUT2D eigenvalue weighted by Crippen LogP contribution is -2.07. The standard InChI is InChI=1S/C18H18N4O2S/c1-4-24-17(23)12-5-10-15-16(11-12)25-18(19-15)21-20-13-6-8-14(9-7-13)22(2)3/h5-11H,4H2,1-3H3/b21-20+. The second kappa shape index (κ2) is 7.40. The smallest absolute Gasteiger partial charge is 0.338 e. The van der Waals surface area contributed by atoms with E-state index in [1.165, 1.54) is 11.3 Å². The van der Waals surface area contributed by atoms with E-state index in [4.69, 9.17) is 4.74 Å². The van der Waals surface area contributed by atoms with Crippen LogP contribution in [-0.2, 0) is 4.74 Å². The Kier molecular flexibility index (Phi) is 5.04. The number of nitrogens with zero attached hydrogens (tertiary/aromatic N) is 4. The zero-order chi connectivity index (χ0) is 17.8. The molecule has 2 aromatic carbocycles. The highest BCUT2D eigenvalue weighted by molar-refractivity contribution is 7.21. The van der Waals surface area contributed by atoms with Crippen LogP contribution in [0.3, 0.4) is 0 Å². The normalized spacial score (nSPS) is 11.2. The Bertz CT molecular complexity index is 916. The van der Waals surface area contributed by atoms with Crippen LogP contribution < -0.4 is 4.90 Å². The number of hydrogen-bond donors (Lipinski definition) is 0. The van der Waals surface area contributed by atoms with Gasteiger partial charge in [0.25, 0.3) is 0 Å². The van der Waals surface area contributed by atoms with E-state index in [0.29, 0.717) is 17.3 Å². The minimum absolute atomic E-state index is 0.332. The van der Waals surface area contributed by atoms with Gasteiger partial charge < -0.3 is 9.64 Å². The zero-order valence-corrected chi connectivity index (χ0v) is 15.1. The van der Waals surface area contributed by atoms with Gasteiger partial charge in [0.05, 0.1) is 28.1 Å². The van der Waals surface area contributed by atoms with Crippen molar-refractivity contribution in [2.24, 2.45) is 10.2 Å². The Morgan fingerprint density at radius 2 is 1.92 bits per heavy atom. The number of thiazole rings is 1. The molecule has 0 amide bonds. The Morgan fingerprint density at radius 3 is 2.60 bits per heavy atom. The van der Waals surface area contributed by atoms with Crippen molar-refractivity contribution in [3.63, 3.8) is 0 Å². The number of hydrogen-bond acceptors (Lipinski definition) is 7. The predicted octanol–water partition coefficient (Wildman–Crippen LogP) is 4.95. The largest absolute Gasteiger partial charge is 0.462 e. The molecule has 1 heterocycles. The first-order valence-electron chi connectivity index (χ1n) is 7.83. The molecule has 0 aliphatic heterocycles. The lowest BCUT2D eigenvalue weighted by molar-refractivity contribution is 0.0526. The van der Waals surface area contributed by atoms with Gasteiger partial charge in [-0.3, -0.25) is 0 Å². The third-order valence-corrected chi connectivity index (χ3v) is 4.41. The summed E-state index contributed by atoms with van der Waals surface area (Å²) in [5, 5.41) is 8.97. The fourth-order valence-electron chi connectivity index (χ4n) is 2.21. The van der Waals surface area contributed by atoms with Crippen LogP contribution in [0, 0.1) is 0 Å². The maximum Gasteiger partial charge on any atom is 0.338 e. The van der Waals surface area contributed by atoms with Crippen molar-refractivity contribution in [3.05, 3.63) is 48.0 Å². The Hall–Kier alpha value is -2.80. The highest BCUT2D eigenvalue weighted by atomic mass is 32.1. The summed E-state index contributed by atoms with van der Waals surface area (Å²) >= 11 is 1.39. The third-order valence-electron chi connectivity index (χ3n) is 3.51. The fourth-order valence-corrected chi connectivity index (χ4v) is 3.04. The van der Waals surface area contributed by atoms with E-state index < -0.39 is 0 Å². The maximum atomic E-state index is 11.8. The molecule has 128 valence electrons. The topological polar surface area (TPSA) is 67.1 Å². The monoisotopic (exact) mass is 354 g/mol. The summed E-state index contributed by atoms with van der Waals surface area (Å²) in [4.78, 5) is 18.2. The molecule has 3 rings (SSSR count). The van der Waals surface area contributed by atoms with Crippen molar-refractivity contribution in [3.8, 4) is 0 Å². The van der Waals surface area contributed by atoms with Gasteiger partial charge in [0.2, 0.25) is 5.13 Å². The Morgan fingerprint density at radius 1 is 1.16 bits per heavy atom. The summed E-state index contributed by atoms with van der Waals surface area (Å²) in [5.41, 5.74) is 3.17. The molecule has 0 atom stereocenters. The van der Waals surface area contributed by atoms with E-state index in [9.17, 15) is 4.79 Å². The first-order chi connectivity index (χ1) is 12.1. The van der Waals surface area contributed by atoms with Crippen molar-refractivity contribution >= 4 is 44.0 Å². The molecule has 0 N–H and O–H groups in total. The molecule has 25 heavy (non-hydrogen) atoms. The number of esters is 1. The van der Waals surface area contributed by atoms with Gasteiger partial charge in [0.1, 0.15) is 0 Å². The van der Waals surface area contributed by atoms with Crippen LogP contribution in [0.1, 0.15) is 17.3 Å². The first kappa shape index (κ1) is 17.0. The van der Waals surface area contributed by atoms with E-state index in [0.717, 1.165) is 21.6 Å². The van der Waals surface area contributed by atoms with Crippen LogP contribution >= 0.6 is 11.3 Å². The first-order valence-corrected chi connectivity index (χ1v) is 8.65. The second-order valence-electron chi connectivity index (χ2n) is 5.51. The SMILES string of the molecule is CCOC(=O)c1ccc2nc(/N=N/c3ccc(N(C)C)cc3)sc2c1. The summed E-state index contributed by atoms with van der Waals surface area (Å²) in [6.07, 6.45) is 0. The van der Waals surface area contributed by atoms with Gasteiger partial charge >= 0.3 is 5.97 Å². The van der Waals surface area contributed by atoms with Crippen molar-refractivity contribution in [2.75, 3.05) is 25.6 Å². The zero-order valence-electron chi connectivity index (χ0n) is 14.3. The molecule has 0 fully saturated rings. The van der Waals surface area contributed by atoms with Crippen molar-refractivity contribution < 1.29 is 9.53 Å². The molecule has 6 nitrogen and oxygen atoms in total. The van der Waals surface area contributed by atoms with Gasteiger partial charge in [-0.15, -0.1) is 10.2 Å². The number of ether oxygens (including phenoxy) is 1. The minimum atomic E-state index is -0.332. The molecular formula is C18H18N4O2S. The fraction of sp³-hybridized carbons (Fsp3) is 0.222. The van der Waals surface area contributed by atoms with Crippen LogP contribution in [0.4, 0.5) is 16.5 Å². The Balaban J connectivity index is 1.80. The highest BCUT2D eigenvalue weighted by Crippen LogP contribution is 2.30. The number of benzene rings is 2. The summed E-state index contributed by atoms with van der Waals surface area (Å²) in [5.74, 6) is -0.332. The summed E-state index contributed by atoms with van der Waals surface area (Å²) < 4.78 is 5.89. The molecule has 0 saturated carbocycles. The van der Waals surface area contributed by atoms with E-state index in [1.807, 2.05) is 43.3 Å². The Labute approximate surface area is 149 Å². The molecule has 7 heteroatoms. The predicted molar refractivity (Wildman–Crippen MR) is 101 cm³/mol. The van der Waals surface area contributed by atoms with Crippen molar-refractivity contribution in [2.45, 2.75) is 6.92 Å². The van der Waals surface area contributed by atoms with Crippen molar-refractivity contribution in [1.82, 2.24) is 4.98 Å². The minimum Gasteiger partial charge on any atom is -0.462 e. The van der Waals surface area contributed by atoms with E-state index in [2.05, 4.69) is 15.2 Å². The molecule has 0 spiro atoms. The van der Waals surface area contributed by atoms with Gasteiger partial charge in [0.15, 0.2) is 0 Å². The lowest BCUT2D eigenvalue weighted by atomic mass is 10.2. The quantitative estimate of drug-likeness (QED) is 0.480. The number of carbonyl (C=O) groups is 1. The maximum absolute atomic E-state index is 11.8. The van der Waals surface area contributed by atoms with Gasteiger partial charge in [-0.2, -0.15) is 0 Å². The van der Waals surface area contributed by atoms with Gasteiger partial charge in [-0.1, -0.05) is 11.3 Å². The molecule has 0 aliphatic rings. The molecule has 0 bridgehead atoms. The van der Waals surface area contributed by atoms with Crippen LogP contribution in [-0.4, -0.2) is 31.7 Å². The molecule has 0 unspecified atom stereocenters. The number of rotatable bonds is 5. The summed E-state index contributed by atoms with van der Waals surface area (Å²) in [7, 11) is 3.98. The third kappa shape index (κ3) is 4.00. The lowest BCUT2D eigenvalue weighted by Gasteiger charge is -2.11. The van der Waals surface area contributed by atoms with Gasteiger partial charge in [0, 0.05) is 19.8 Å². The number of carbonyl (C=O) groups excluding carboxylic acids is 1. The van der Waals surface area contributed by atoms with Gasteiger partial charge in [-0.25, -0.2) is 9.78 Å². The van der Waals surface area contributed by atoms with Crippen molar-refractivity contribution in [1.29, 1.82) is 0 Å². The number of fused-ring (bicyclic) bond motifs is 1. The molecule has 0 saturated heterocycles. The molecule has 3 aromatic rings. The molecule has 0 aliphatic carbocycles. The highest BCUT2D eigenvalue weighted by Gasteiger charge is 2.10. The summed E-state index contributed by atoms with van der Waals surface area (Å²) in [6.45, 7) is 2.14. The molecular weight excluding hydrogens is 336 g/mol. The number of anilines is 1. The van der Waals surface area contributed by atoms with E-state index in [1.54, 1.807) is 25.1 Å². The summed E-state index contributed by atoms with van der Waals surface area (Å²) in [6, 6.07) is 13.1. The van der Waals surface area contributed by atoms with Crippen LogP contribution in [0.15, 0.2) is 52.7 Å². The molecule has 0 radical (unpaired) electrons. The van der Waals surface area contributed by atoms with Gasteiger partial charge in [-0.05, 0) is 49.4 Å². The van der Waals surface area contributed by atoms with Crippen LogP contribution in [0.25, 0.3) is 10.2 Å².